The average molecular weight is 286 g/mol. The highest BCUT2D eigenvalue weighted by Crippen LogP contribution is 2.55. The first-order chi connectivity index (χ1) is 9.30. The summed E-state index contributed by atoms with van der Waals surface area (Å²) >= 11 is 0. The van der Waals surface area contributed by atoms with Crippen LogP contribution in [0.5, 0.6) is 0 Å². The van der Waals surface area contributed by atoms with Gasteiger partial charge >= 0.3 is 0 Å². The molecule has 0 saturated carbocycles. The molecule has 0 radical (unpaired) electrons. The lowest BCUT2D eigenvalue weighted by Gasteiger charge is -2.32. The van der Waals surface area contributed by atoms with Crippen molar-refractivity contribution in [3.8, 4) is 0 Å². The number of carbonyl (C=O) groups is 1. The Hall–Kier alpha value is -1.11. The predicted molar refractivity (Wildman–Crippen MR) is 90.4 cm³/mol. The maximum absolute atomic E-state index is 11.5. The van der Waals surface area contributed by atoms with Crippen molar-refractivity contribution in [3.05, 3.63) is 33.9 Å². The van der Waals surface area contributed by atoms with Crippen LogP contribution in [0.3, 0.4) is 0 Å². The lowest BCUT2D eigenvalue weighted by molar-refractivity contribution is -0.107. The van der Waals surface area contributed by atoms with E-state index in [1.54, 1.807) is 0 Å². The van der Waals surface area contributed by atoms with E-state index in [4.69, 9.17) is 0 Å². The van der Waals surface area contributed by atoms with Gasteiger partial charge in [-0.3, -0.25) is 0 Å². The fourth-order valence-electron chi connectivity index (χ4n) is 3.44. The maximum Gasteiger partial charge on any atom is 0.131 e. The zero-order valence-corrected chi connectivity index (χ0v) is 15.1. The van der Waals surface area contributed by atoms with Crippen LogP contribution in [-0.4, -0.2) is 6.29 Å². The Morgan fingerprint density at radius 1 is 0.762 bits per heavy atom. The molecule has 0 bridgehead atoms. The van der Waals surface area contributed by atoms with Crippen LogP contribution in [0.4, 0.5) is 0 Å². The molecule has 0 fully saturated rings. The molecule has 0 spiro atoms. The minimum Gasteiger partial charge on any atom is -0.302 e. The Morgan fingerprint density at radius 2 is 1.24 bits per heavy atom. The van der Waals surface area contributed by atoms with E-state index in [-0.39, 0.29) is 22.2 Å². The first kappa shape index (κ1) is 16.3. The molecule has 1 heteroatoms. The van der Waals surface area contributed by atoms with Crippen LogP contribution in [0.2, 0.25) is 0 Å². The Bertz CT molecular complexity index is 586. The first-order valence-corrected chi connectivity index (χ1v) is 7.97. The first-order valence-electron chi connectivity index (χ1n) is 7.97. The molecule has 0 N–H and O–H groups in total. The van der Waals surface area contributed by atoms with Crippen molar-refractivity contribution in [2.75, 3.05) is 0 Å². The third-order valence-corrected chi connectivity index (χ3v) is 4.45. The van der Waals surface area contributed by atoms with Crippen LogP contribution >= 0.6 is 0 Å². The van der Waals surface area contributed by atoms with E-state index in [0.717, 1.165) is 6.29 Å². The summed E-state index contributed by atoms with van der Waals surface area (Å²) in [6.07, 6.45) is 1.13. The minimum absolute atomic E-state index is 0.0320. The SMILES string of the molecule is CC(C)(C)c1cc(C(C)(C)C)c(C(C)(C)C)c2c1C2C=O. The molecule has 1 aliphatic carbocycles. The average Bonchev–Trinajstić information content (AvgIpc) is 2.95. The van der Waals surface area contributed by atoms with Gasteiger partial charge in [-0.25, -0.2) is 0 Å². The number of aldehydes is 1. The van der Waals surface area contributed by atoms with Gasteiger partial charge in [0.1, 0.15) is 6.29 Å². The van der Waals surface area contributed by atoms with Crippen molar-refractivity contribution >= 4 is 6.29 Å². The molecule has 0 aliphatic heterocycles. The molecular formula is C20H30O. The molecular weight excluding hydrogens is 256 g/mol. The fourth-order valence-corrected chi connectivity index (χ4v) is 3.44. The molecule has 0 amide bonds. The van der Waals surface area contributed by atoms with Gasteiger partial charge in [-0.2, -0.15) is 0 Å². The van der Waals surface area contributed by atoms with E-state index < -0.39 is 0 Å². The maximum atomic E-state index is 11.5. The van der Waals surface area contributed by atoms with E-state index in [1.807, 2.05) is 0 Å². The van der Waals surface area contributed by atoms with Gasteiger partial charge in [0.15, 0.2) is 0 Å². The molecule has 21 heavy (non-hydrogen) atoms. The Morgan fingerprint density at radius 3 is 1.57 bits per heavy atom. The second kappa shape index (κ2) is 4.44. The summed E-state index contributed by atoms with van der Waals surface area (Å²) in [6, 6.07) is 2.38. The standard InChI is InChI=1S/C20H30O/c1-18(2,3)13-10-14(19(4,5)6)17(20(7,8)9)16-12(11-21)15(13)16/h10-12H,1-9H3. The Kier molecular flexibility index (Phi) is 3.44. The quantitative estimate of drug-likeness (QED) is 0.647. The van der Waals surface area contributed by atoms with Gasteiger partial charge in [-0.05, 0) is 44.1 Å². The summed E-state index contributed by atoms with van der Waals surface area (Å²) in [6.45, 7) is 20.3. The lowest BCUT2D eigenvalue weighted by atomic mass is 9.72. The van der Waals surface area contributed by atoms with Crippen LogP contribution in [0, 0.1) is 0 Å². The number of rotatable bonds is 1. The number of hydrogen-bond acceptors (Lipinski definition) is 1. The van der Waals surface area contributed by atoms with Crippen molar-refractivity contribution in [2.45, 2.75) is 84.5 Å². The molecule has 0 heterocycles. The molecule has 1 aromatic carbocycles. The van der Waals surface area contributed by atoms with Gasteiger partial charge in [0, 0.05) is 0 Å². The molecule has 0 saturated heterocycles. The molecule has 1 aromatic rings. The van der Waals surface area contributed by atoms with E-state index in [2.05, 4.69) is 68.4 Å². The third-order valence-electron chi connectivity index (χ3n) is 4.45. The van der Waals surface area contributed by atoms with Crippen molar-refractivity contribution < 1.29 is 4.79 Å². The van der Waals surface area contributed by atoms with Crippen LogP contribution in [-0.2, 0) is 21.0 Å². The van der Waals surface area contributed by atoms with Gasteiger partial charge in [0.05, 0.1) is 5.92 Å². The van der Waals surface area contributed by atoms with Crippen LogP contribution < -0.4 is 0 Å². The van der Waals surface area contributed by atoms with Gasteiger partial charge in [0.2, 0.25) is 0 Å². The van der Waals surface area contributed by atoms with E-state index >= 15 is 0 Å². The number of hydrogen-bond donors (Lipinski definition) is 0. The normalized spacial score (nSPS) is 18.4. The summed E-state index contributed by atoms with van der Waals surface area (Å²) in [4.78, 5) is 11.5. The smallest absolute Gasteiger partial charge is 0.131 e. The van der Waals surface area contributed by atoms with Crippen molar-refractivity contribution in [2.24, 2.45) is 0 Å². The summed E-state index contributed by atoms with van der Waals surface area (Å²) in [5.74, 6) is 0.0320. The lowest BCUT2D eigenvalue weighted by Crippen LogP contribution is -2.24. The predicted octanol–water partition coefficient (Wildman–Crippen LogP) is 5.22. The van der Waals surface area contributed by atoms with Crippen molar-refractivity contribution in [3.63, 3.8) is 0 Å². The van der Waals surface area contributed by atoms with E-state index in [9.17, 15) is 4.79 Å². The molecule has 1 aliphatic rings. The zero-order chi connectivity index (χ0) is 16.4. The van der Waals surface area contributed by atoms with Gasteiger partial charge in [0.25, 0.3) is 0 Å². The highest BCUT2D eigenvalue weighted by Gasteiger charge is 2.45. The Balaban J connectivity index is 2.84. The summed E-state index contributed by atoms with van der Waals surface area (Å²) < 4.78 is 0. The van der Waals surface area contributed by atoms with E-state index in [0.29, 0.717) is 0 Å². The molecule has 2 rings (SSSR count). The van der Waals surface area contributed by atoms with Crippen molar-refractivity contribution in [1.82, 2.24) is 0 Å². The highest BCUT2D eigenvalue weighted by molar-refractivity contribution is 5.85. The molecule has 0 aromatic heterocycles. The number of carbonyl (C=O) groups excluding carboxylic acids is 1. The topological polar surface area (TPSA) is 17.1 Å². The van der Waals surface area contributed by atoms with Gasteiger partial charge in [-0.1, -0.05) is 68.4 Å². The highest BCUT2D eigenvalue weighted by atomic mass is 16.1. The van der Waals surface area contributed by atoms with E-state index in [1.165, 1.54) is 27.8 Å². The molecule has 116 valence electrons. The fraction of sp³-hybridized carbons (Fsp3) is 0.650. The van der Waals surface area contributed by atoms with Crippen LogP contribution in [0.15, 0.2) is 6.07 Å². The number of benzene rings is 1. The second-order valence-electron chi connectivity index (χ2n) is 9.54. The largest absolute Gasteiger partial charge is 0.302 e. The van der Waals surface area contributed by atoms with Crippen LogP contribution in [0.1, 0.15) is 96.0 Å². The minimum atomic E-state index is 0.0320. The summed E-state index contributed by atoms with van der Waals surface area (Å²) in [5, 5.41) is 0. The Labute approximate surface area is 130 Å². The molecule has 1 atom stereocenters. The third kappa shape index (κ3) is 2.67. The summed E-state index contributed by atoms with van der Waals surface area (Å²) in [5.41, 5.74) is 7.02. The van der Waals surface area contributed by atoms with Crippen LogP contribution in [0.25, 0.3) is 0 Å². The van der Waals surface area contributed by atoms with Gasteiger partial charge < -0.3 is 4.79 Å². The molecule has 1 unspecified atom stereocenters. The molecule has 1 nitrogen and oxygen atoms in total. The second-order valence-corrected chi connectivity index (χ2v) is 9.54. The monoisotopic (exact) mass is 286 g/mol. The summed E-state index contributed by atoms with van der Waals surface area (Å²) in [7, 11) is 0. The van der Waals surface area contributed by atoms with Gasteiger partial charge in [-0.15, -0.1) is 0 Å². The van der Waals surface area contributed by atoms with Crippen molar-refractivity contribution in [1.29, 1.82) is 0 Å². The zero-order valence-electron chi connectivity index (χ0n) is 15.1. The number of fused-ring (bicyclic) bond motifs is 1.